The second kappa shape index (κ2) is 5.54. The van der Waals surface area contributed by atoms with Gasteiger partial charge in [0, 0.05) is 25.0 Å². The predicted octanol–water partition coefficient (Wildman–Crippen LogP) is 2.33. The summed E-state index contributed by atoms with van der Waals surface area (Å²) in [6, 6.07) is 4.13. The Kier molecular flexibility index (Phi) is 3.60. The third-order valence-corrected chi connectivity index (χ3v) is 3.39. The average molecular weight is 289 g/mol. The maximum absolute atomic E-state index is 12.5. The van der Waals surface area contributed by atoms with Crippen LogP contribution in [-0.4, -0.2) is 31.8 Å². The fourth-order valence-electron chi connectivity index (χ4n) is 2.01. The first-order chi connectivity index (χ1) is 9.74. The lowest BCUT2D eigenvalue weighted by atomic mass is 10.2. The van der Waals surface area contributed by atoms with Crippen molar-refractivity contribution in [3.05, 3.63) is 53.3 Å². The summed E-state index contributed by atoms with van der Waals surface area (Å²) in [6.07, 6.45) is 8.36. The molecule has 1 saturated carbocycles. The van der Waals surface area contributed by atoms with Crippen molar-refractivity contribution in [3.63, 3.8) is 0 Å². The molecule has 0 atom stereocenters. The molecule has 3 rings (SSSR count). The zero-order chi connectivity index (χ0) is 13.9. The van der Waals surface area contributed by atoms with Gasteiger partial charge in [-0.15, -0.1) is 0 Å². The molecule has 102 valence electrons. The fraction of sp³-hybridized carbons (Fsp3) is 0.286. The topological polar surface area (TPSA) is 59.0 Å². The highest BCUT2D eigenvalue weighted by Crippen LogP contribution is 2.29. The normalized spacial score (nSPS) is 14.1. The summed E-state index contributed by atoms with van der Waals surface area (Å²) < 4.78 is 0. The van der Waals surface area contributed by atoms with Crippen molar-refractivity contribution >= 4 is 17.5 Å². The first-order valence-electron chi connectivity index (χ1n) is 6.41. The van der Waals surface area contributed by atoms with Crippen molar-refractivity contribution in [1.29, 1.82) is 0 Å². The Labute approximate surface area is 121 Å². The van der Waals surface area contributed by atoms with E-state index in [4.69, 9.17) is 11.6 Å². The summed E-state index contributed by atoms with van der Waals surface area (Å²) in [5.41, 5.74) is 1.39. The molecule has 2 aromatic heterocycles. The van der Waals surface area contributed by atoms with Crippen molar-refractivity contribution in [2.75, 3.05) is 0 Å². The molecule has 0 unspecified atom stereocenters. The molecule has 5 nitrogen and oxygen atoms in total. The van der Waals surface area contributed by atoms with E-state index in [0.717, 1.165) is 18.4 Å². The van der Waals surface area contributed by atoms with E-state index < -0.39 is 0 Å². The number of rotatable bonds is 4. The minimum atomic E-state index is -0.103. The Balaban J connectivity index is 1.80. The van der Waals surface area contributed by atoms with Crippen LogP contribution in [0.5, 0.6) is 0 Å². The molecule has 0 bridgehead atoms. The van der Waals surface area contributed by atoms with Crippen molar-refractivity contribution in [2.45, 2.75) is 25.4 Å². The number of amides is 1. The van der Waals surface area contributed by atoms with Gasteiger partial charge >= 0.3 is 0 Å². The summed E-state index contributed by atoms with van der Waals surface area (Å²) in [6.45, 7) is 0.566. The standard InChI is InChI=1S/C14H13ClN4O/c15-13-8-17-12(7-18-13)14(20)19(11-1-2-11)9-10-3-5-16-6-4-10/h3-8,11H,1-2,9H2. The van der Waals surface area contributed by atoms with Crippen molar-refractivity contribution < 1.29 is 4.79 Å². The number of nitrogens with zero attached hydrogens (tertiary/aromatic N) is 4. The molecular formula is C14H13ClN4O. The minimum Gasteiger partial charge on any atom is -0.330 e. The Morgan fingerprint density at radius 3 is 2.60 bits per heavy atom. The van der Waals surface area contributed by atoms with Gasteiger partial charge in [0.05, 0.1) is 12.4 Å². The van der Waals surface area contributed by atoms with Gasteiger partial charge < -0.3 is 4.90 Å². The highest BCUT2D eigenvalue weighted by Gasteiger charge is 2.33. The Bertz CT molecular complexity index is 598. The molecule has 0 saturated heterocycles. The van der Waals surface area contributed by atoms with Crippen LogP contribution in [0.25, 0.3) is 0 Å². The van der Waals surface area contributed by atoms with Crippen LogP contribution in [0.3, 0.4) is 0 Å². The summed E-state index contributed by atoms with van der Waals surface area (Å²) in [5, 5.41) is 0.286. The van der Waals surface area contributed by atoms with Gasteiger partial charge in [-0.3, -0.25) is 9.78 Å². The largest absolute Gasteiger partial charge is 0.330 e. The molecule has 0 N–H and O–H groups in total. The molecule has 1 aliphatic carbocycles. The molecule has 2 heterocycles. The molecule has 6 heteroatoms. The van der Waals surface area contributed by atoms with Gasteiger partial charge in [0.2, 0.25) is 0 Å². The van der Waals surface area contributed by atoms with Gasteiger partial charge in [-0.1, -0.05) is 11.6 Å². The quantitative estimate of drug-likeness (QED) is 0.866. The fourth-order valence-corrected chi connectivity index (χ4v) is 2.11. The summed E-state index contributed by atoms with van der Waals surface area (Å²) in [4.78, 5) is 26.3. The van der Waals surface area contributed by atoms with E-state index in [1.54, 1.807) is 12.4 Å². The van der Waals surface area contributed by atoms with Crippen LogP contribution in [0.2, 0.25) is 5.15 Å². The first-order valence-corrected chi connectivity index (χ1v) is 6.79. The minimum absolute atomic E-state index is 0.103. The third-order valence-electron chi connectivity index (χ3n) is 3.19. The second-order valence-corrected chi connectivity index (χ2v) is 5.13. The van der Waals surface area contributed by atoms with E-state index in [-0.39, 0.29) is 11.1 Å². The van der Waals surface area contributed by atoms with E-state index in [1.807, 2.05) is 17.0 Å². The van der Waals surface area contributed by atoms with Crippen molar-refractivity contribution in [3.8, 4) is 0 Å². The molecule has 1 fully saturated rings. The predicted molar refractivity (Wildman–Crippen MR) is 74.2 cm³/mol. The first kappa shape index (κ1) is 13.0. The van der Waals surface area contributed by atoms with E-state index >= 15 is 0 Å². The smallest absolute Gasteiger partial charge is 0.274 e. The lowest BCUT2D eigenvalue weighted by Crippen LogP contribution is -2.33. The molecule has 0 aromatic carbocycles. The van der Waals surface area contributed by atoms with Crippen molar-refractivity contribution in [2.24, 2.45) is 0 Å². The van der Waals surface area contributed by atoms with E-state index in [2.05, 4.69) is 15.0 Å². The number of carbonyl (C=O) groups is 1. The van der Waals surface area contributed by atoms with E-state index in [1.165, 1.54) is 12.4 Å². The van der Waals surface area contributed by atoms with Gasteiger partial charge in [-0.05, 0) is 30.5 Å². The Morgan fingerprint density at radius 2 is 2.00 bits per heavy atom. The van der Waals surface area contributed by atoms with Crippen LogP contribution >= 0.6 is 11.6 Å². The number of pyridine rings is 1. The number of hydrogen-bond donors (Lipinski definition) is 0. The molecule has 0 aliphatic heterocycles. The van der Waals surface area contributed by atoms with Crippen molar-refractivity contribution in [1.82, 2.24) is 19.9 Å². The zero-order valence-electron chi connectivity index (χ0n) is 10.7. The summed E-state index contributed by atoms with van der Waals surface area (Å²) in [7, 11) is 0. The second-order valence-electron chi connectivity index (χ2n) is 4.74. The average Bonchev–Trinajstić information content (AvgIpc) is 3.30. The van der Waals surface area contributed by atoms with Crippen LogP contribution in [0.1, 0.15) is 28.9 Å². The zero-order valence-corrected chi connectivity index (χ0v) is 11.5. The molecule has 0 spiro atoms. The summed E-state index contributed by atoms with van der Waals surface area (Å²) in [5.74, 6) is -0.103. The number of carbonyl (C=O) groups excluding carboxylic acids is 1. The highest BCUT2D eigenvalue weighted by molar-refractivity contribution is 6.29. The lowest BCUT2D eigenvalue weighted by Gasteiger charge is -2.21. The van der Waals surface area contributed by atoms with Gasteiger partial charge in [0.1, 0.15) is 10.8 Å². The number of hydrogen-bond acceptors (Lipinski definition) is 4. The van der Waals surface area contributed by atoms with E-state index in [0.29, 0.717) is 18.3 Å². The van der Waals surface area contributed by atoms with Crippen LogP contribution in [0.15, 0.2) is 36.9 Å². The van der Waals surface area contributed by atoms with Crippen LogP contribution in [0, 0.1) is 0 Å². The number of aromatic nitrogens is 3. The Morgan fingerprint density at radius 1 is 1.25 bits per heavy atom. The molecular weight excluding hydrogens is 276 g/mol. The van der Waals surface area contributed by atoms with Gasteiger partial charge in [-0.2, -0.15) is 0 Å². The molecule has 2 aromatic rings. The molecule has 0 radical (unpaired) electrons. The highest BCUT2D eigenvalue weighted by atomic mass is 35.5. The maximum atomic E-state index is 12.5. The SMILES string of the molecule is O=C(c1cnc(Cl)cn1)N(Cc1ccncc1)C1CC1. The lowest BCUT2D eigenvalue weighted by molar-refractivity contribution is 0.0723. The molecule has 1 amide bonds. The van der Waals surface area contributed by atoms with Gasteiger partial charge in [0.25, 0.3) is 5.91 Å². The summed E-state index contributed by atoms with van der Waals surface area (Å²) >= 11 is 5.70. The third kappa shape index (κ3) is 2.93. The molecule has 20 heavy (non-hydrogen) atoms. The molecule has 1 aliphatic rings. The van der Waals surface area contributed by atoms with E-state index in [9.17, 15) is 4.79 Å². The Hall–Kier alpha value is -2.01. The van der Waals surface area contributed by atoms with Crippen LogP contribution in [-0.2, 0) is 6.54 Å². The maximum Gasteiger partial charge on any atom is 0.274 e. The monoisotopic (exact) mass is 288 g/mol. The van der Waals surface area contributed by atoms with Crippen LogP contribution in [0.4, 0.5) is 0 Å². The number of halogens is 1. The van der Waals surface area contributed by atoms with Gasteiger partial charge in [0.15, 0.2) is 0 Å². The van der Waals surface area contributed by atoms with Crippen LogP contribution < -0.4 is 0 Å². The van der Waals surface area contributed by atoms with Gasteiger partial charge in [-0.25, -0.2) is 9.97 Å².